The second kappa shape index (κ2) is 8.03. The number of piperidine rings is 1. The number of nitrogens with one attached hydrogen (secondary N) is 2. The van der Waals surface area contributed by atoms with E-state index in [9.17, 15) is 0 Å². The molecular formula is C23H27N7O. The number of oxazole rings is 1. The third-order valence-electron chi connectivity index (χ3n) is 5.61. The van der Waals surface area contributed by atoms with Gasteiger partial charge in [0.25, 0.3) is 0 Å². The number of hydrogen-bond donors (Lipinski definition) is 3. The van der Waals surface area contributed by atoms with E-state index in [4.69, 9.17) is 10.2 Å². The van der Waals surface area contributed by atoms with Crippen LogP contribution in [0.3, 0.4) is 0 Å². The van der Waals surface area contributed by atoms with Gasteiger partial charge in [-0.25, -0.2) is 9.97 Å². The fraction of sp³-hybridized carbons (Fsp3) is 0.348. The smallest absolute Gasteiger partial charge is 0.231 e. The van der Waals surface area contributed by atoms with E-state index in [2.05, 4.69) is 50.4 Å². The molecule has 0 unspecified atom stereocenters. The Morgan fingerprint density at radius 1 is 1.16 bits per heavy atom. The highest BCUT2D eigenvalue weighted by atomic mass is 16.3. The molecule has 8 heteroatoms. The number of nitrogens with two attached hydrogens (primary N) is 1. The predicted molar refractivity (Wildman–Crippen MR) is 123 cm³/mol. The molecule has 0 bridgehead atoms. The molecule has 0 spiro atoms. The van der Waals surface area contributed by atoms with E-state index in [1.807, 2.05) is 30.5 Å². The van der Waals surface area contributed by atoms with Crippen LogP contribution in [0.1, 0.15) is 32.7 Å². The molecule has 4 aromatic rings. The summed E-state index contributed by atoms with van der Waals surface area (Å²) in [5, 5.41) is 11.4. The van der Waals surface area contributed by atoms with Crippen LogP contribution in [0.5, 0.6) is 0 Å². The molecule has 8 nitrogen and oxygen atoms in total. The molecule has 0 saturated carbocycles. The molecule has 1 aliphatic rings. The summed E-state index contributed by atoms with van der Waals surface area (Å²) < 4.78 is 8.11. The first-order valence-corrected chi connectivity index (χ1v) is 10.7. The first-order valence-electron chi connectivity index (χ1n) is 10.7. The summed E-state index contributed by atoms with van der Waals surface area (Å²) >= 11 is 0. The Kier molecular flexibility index (Phi) is 5.07. The molecule has 0 aliphatic carbocycles. The molecule has 1 aliphatic heterocycles. The Balaban J connectivity index is 1.47. The number of pyridine rings is 1. The molecule has 5 rings (SSSR count). The van der Waals surface area contributed by atoms with Crippen molar-refractivity contribution in [3.8, 4) is 22.6 Å². The molecule has 4 heterocycles. The Morgan fingerprint density at radius 3 is 2.81 bits per heavy atom. The molecule has 4 N–H and O–H groups in total. The van der Waals surface area contributed by atoms with Crippen molar-refractivity contribution in [3.63, 3.8) is 0 Å². The molecule has 0 amide bonds. The molecule has 3 aromatic heterocycles. The van der Waals surface area contributed by atoms with Crippen LogP contribution in [-0.2, 0) is 0 Å². The summed E-state index contributed by atoms with van der Waals surface area (Å²) in [6.07, 6.45) is 7.92. The number of fused-ring (bicyclic) bond motifs is 1. The molecule has 0 atom stereocenters. The van der Waals surface area contributed by atoms with Crippen LogP contribution < -0.4 is 16.4 Å². The lowest BCUT2D eigenvalue weighted by atomic mass is 10.1. The van der Waals surface area contributed by atoms with Gasteiger partial charge in [0.15, 0.2) is 5.58 Å². The zero-order valence-corrected chi connectivity index (χ0v) is 17.8. The van der Waals surface area contributed by atoms with Crippen LogP contribution >= 0.6 is 0 Å². The number of aromatic nitrogens is 4. The Labute approximate surface area is 180 Å². The van der Waals surface area contributed by atoms with Crippen molar-refractivity contribution in [2.75, 3.05) is 24.1 Å². The minimum Gasteiger partial charge on any atom is -0.436 e. The Hall–Kier alpha value is -3.39. The molecular weight excluding hydrogens is 390 g/mol. The van der Waals surface area contributed by atoms with Gasteiger partial charge in [-0.05, 0) is 58.0 Å². The van der Waals surface area contributed by atoms with Crippen molar-refractivity contribution in [3.05, 3.63) is 42.9 Å². The van der Waals surface area contributed by atoms with Crippen LogP contribution in [0.25, 0.3) is 33.7 Å². The topological polar surface area (TPSA) is 107 Å². The summed E-state index contributed by atoms with van der Waals surface area (Å²) in [7, 11) is 0. The van der Waals surface area contributed by atoms with Gasteiger partial charge >= 0.3 is 0 Å². The number of benzene rings is 1. The maximum absolute atomic E-state index is 6.19. The normalized spacial score (nSPS) is 15.1. The average molecular weight is 418 g/mol. The van der Waals surface area contributed by atoms with Crippen LogP contribution in [-0.4, -0.2) is 38.9 Å². The number of hydrogen-bond acceptors (Lipinski definition) is 7. The van der Waals surface area contributed by atoms with Gasteiger partial charge in [0.2, 0.25) is 5.89 Å². The monoisotopic (exact) mass is 417 g/mol. The molecule has 0 radical (unpaired) electrons. The van der Waals surface area contributed by atoms with Gasteiger partial charge in [0.1, 0.15) is 11.3 Å². The Morgan fingerprint density at radius 2 is 2.00 bits per heavy atom. The summed E-state index contributed by atoms with van der Waals surface area (Å²) in [6, 6.07) is 8.65. The van der Waals surface area contributed by atoms with E-state index in [1.54, 1.807) is 6.20 Å². The van der Waals surface area contributed by atoms with E-state index in [0.29, 0.717) is 34.9 Å². The highest BCUT2D eigenvalue weighted by molar-refractivity contribution is 5.82. The highest BCUT2D eigenvalue weighted by Gasteiger charge is 2.18. The standard InChI is InChI=1S/C23H27N7O/c1-14(2)28-17-3-4-20-21(10-17)31-23(29-20)19-9-15(11-26-22(19)24)16-12-27-30(13-16)18-5-7-25-8-6-18/h3-4,9-14,18,25,28H,5-8H2,1-2H3,(H2,24,26). The average Bonchev–Trinajstić information content (AvgIpc) is 3.41. The fourth-order valence-electron chi connectivity index (χ4n) is 4.03. The molecule has 160 valence electrons. The zero-order chi connectivity index (χ0) is 21.4. The molecule has 1 saturated heterocycles. The summed E-state index contributed by atoms with van der Waals surface area (Å²) in [4.78, 5) is 9.03. The fourth-order valence-corrected chi connectivity index (χ4v) is 4.03. The quantitative estimate of drug-likeness (QED) is 0.449. The van der Waals surface area contributed by atoms with Gasteiger partial charge in [-0.15, -0.1) is 0 Å². The number of nitrogens with zero attached hydrogens (tertiary/aromatic N) is 4. The van der Waals surface area contributed by atoms with Gasteiger partial charge in [0.05, 0.1) is 17.8 Å². The molecule has 1 aromatic carbocycles. The van der Waals surface area contributed by atoms with Crippen molar-refractivity contribution in [2.45, 2.75) is 38.8 Å². The van der Waals surface area contributed by atoms with Gasteiger partial charge in [-0.3, -0.25) is 4.68 Å². The van der Waals surface area contributed by atoms with Gasteiger partial charge in [-0.1, -0.05) is 0 Å². The van der Waals surface area contributed by atoms with Crippen molar-refractivity contribution in [2.24, 2.45) is 0 Å². The highest BCUT2D eigenvalue weighted by Crippen LogP contribution is 2.32. The van der Waals surface area contributed by atoms with Crippen LogP contribution in [0.2, 0.25) is 0 Å². The lowest BCUT2D eigenvalue weighted by Gasteiger charge is -2.22. The lowest BCUT2D eigenvalue weighted by Crippen LogP contribution is -2.29. The second-order valence-electron chi connectivity index (χ2n) is 8.35. The zero-order valence-electron chi connectivity index (χ0n) is 17.8. The van der Waals surface area contributed by atoms with Crippen molar-refractivity contribution < 1.29 is 4.42 Å². The van der Waals surface area contributed by atoms with E-state index < -0.39 is 0 Å². The van der Waals surface area contributed by atoms with Crippen molar-refractivity contribution >= 4 is 22.6 Å². The van der Waals surface area contributed by atoms with Gasteiger partial charge < -0.3 is 20.8 Å². The van der Waals surface area contributed by atoms with Gasteiger partial charge in [0, 0.05) is 41.3 Å². The van der Waals surface area contributed by atoms with E-state index in [-0.39, 0.29) is 0 Å². The number of anilines is 2. The lowest BCUT2D eigenvalue weighted by molar-refractivity contribution is 0.343. The van der Waals surface area contributed by atoms with Crippen molar-refractivity contribution in [1.82, 2.24) is 25.1 Å². The van der Waals surface area contributed by atoms with Crippen LogP contribution in [0.4, 0.5) is 11.5 Å². The van der Waals surface area contributed by atoms with E-state index in [0.717, 1.165) is 48.3 Å². The van der Waals surface area contributed by atoms with Crippen LogP contribution in [0, 0.1) is 0 Å². The SMILES string of the molecule is CC(C)Nc1ccc2nc(-c3cc(-c4cnn(C5CCNCC5)c4)cnc3N)oc2c1. The number of nitrogen functional groups attached to an aromatic ring is 1. The minimum absolute atomic E-state index is 0.335. The molecule has 31 heavy (non-hydrogen) atoms. The third kappa shape index (κ3) is 3.98. The molecule has 1 fully saturated rings. The summed E-state index contributed by atoms with van der Waals surface area (Å²) in [6.45, 7) is 6.25. The first-order chi connectivity index (χ1) is 15.1. The minimum atomic E-state index is 0.335. The van der Waals surface area contributed by atoms with Gasteiger partial charge in [-0.2, -0.15) is 5.10 Å². The van der Waals surface area contributed by atoms with E-state index >= 15 is 0 Å². The number of rotatable bonds is 5. The Bertz CT molecular complexity index is 1200. The van der Waals surface area contributed by atoms with E-state index in [1.165, 1.54) is 0 Å². The van der Waals surface area contributed by atoms with Crippen molar-refractivity contribution in [1.29, 1.82) is 0 Å². The second-order valence-corrected chi connectivity index (χ2v) is 8.35. The summed E-state index contributed by atoms with van der Waals surface area (Å²) in [5.74, 6) is 0.857. The third-order valence-corrected chi connectivity index (χ3v) is 5.61. The maximum atomic E-state index is 6.19. The predicted octanol–water partition coefficient (Wildman–Crippen LogP) is 4.08. The first kappa shape index (κ1) is 19.6. The van der Waals surface area contributed by atoms with Crippen LogP contribution in [0.15, 0.2) is 47.3 Å². The summed E-state index contributed by atoms with van der Waals surface area (Å²) in [5.41, 5.74) is 11.3. The largest absolute Gasteiger partial charge is 0.436 e. The maximum Gasteiger partial charge on any atom is 0.231 e.